The molecule has 1 aliphatic heterocycles. The van der Waals surface area contributed by atoms with Crippen LogP contribution in [0.2, 0.25) is 0 Å². The van der Waals surface area contributed by atoms with Crippen LogP contribution in [0.3, 0.4) is 0 Å². The van der Waals surface area contributed by atoms with Gasteiger partial charge >= 0.3 is 0 Å². The number of rotatable bonds is 9. The minimum Gasteiger partial charge on any atom is -0.394 e. The fourth-order valence-corrected chi connectivity index (χ4v) is 1.96. The van der Waals surface area contributed by atoms with Gasteiger partial charge in [-0.1, -0.05) is 0 Å². The monoisotopic (exact) mass is 247 g/mol. The van der Waals surface area contributed by atoms with Crippen LogP contribution in [-0.4, -0.2) is 75.9 Å². The van der Waals surface area contributed by atoms with Gasteiger partial charge in [0.2, 0.25) is 0 Å². The van der Waals surface area contributed by atoms with E-state index in [-0.39, 0.29) is 6.61 Å². The van der Waals surface area contributed by atoms with E-state index >= 15 is 0 Å². The van der Waals surface area contributed by atoms with Crippen LogP contribution < -0.4 is 0 Å². The van der Waals surface area contributed by atoms with Gasteiger partial charge in [0, 0.05) is 26.7 Å². The third-order valence-electron chi connectivity index (χ3n) is 2.96. The van der Waals surface area contributed by atoms with E-state index in [0.717, 1.165) is 39.1 Å². The number of likely N-dealkylation sites (tertiary alicyclic amines) is 1. The van der Waals surface area contributed by atoms with Gasteiger partial charge in [-0.15, -0.1) is 0 Å². The van der Waals surface area contributed by atoms with Gasteiger partial charge in [-0.25, -0.2) is 0 Å². The molecule has 102 valence electrons. The lowest BCUT2D eigenvalue weighted by Gasteiger charge is -2.31. The summed E-state index contributed by atoms with van der Waals surface area (Å²) in [4.78, 5) is 2.39. The predicted octanol–water partition coefficient (Wildman–Crippen LogP) is 0.123. The summed E-state index contributed by atoms with van der Waals surface area (Å²) < 4.78 is 15.9. The summed E-state index contributed by atoms with van der Waals surface area (Å²) in [6.45, 7) is 5.79. The third kappa shape index (κ3) is 6.95. The topological polar surface area (TPSA) is 51.2 Å². The number of methoxy groups -OCH3 is 1. The van der Waals surface area contributed by atoms with Crippen LogP contribution in [0.15, 0.2) is 0 Å². The molecule has 0 aromatic heterocycles. The Bertz CT molecular complexity index is 169. The highest BCUT2D eigenvalue weighted by Crippen LogP contribution is 2.12. The second kappa shape index (κ2) is 9.79. The Morgan fingerprint density at radius 3 is 2.53 bits per heavy atom. The zero-order chi connectivity index (χ0) is 12.3. The molecule has 1 saturated heterocycles. The number of hydrogen-bond acceptors (Lipinski definition) is 5. The number of aliphatic hydroxyl groups is 1. The van der Waals surface area contributed by atoms with Gasteiger partial charge in [0.05, 0.1) is 39.1 Å². The van der Waals surface area contributed by atoms with E-state index in [9.17, 15) is 0 Å². The minimum atomic E-state index is 0.119. The Morgan fingerprint density at radius 2 is 1.88 bits per heavy atom. The van der Waals surface area contributed by atoms with Gasteiger partial charge in [-0.05, 0) is 12.8 Å². The number of aliphatic hydroxyl groups excluding tert-OH is 1. The number of nitrogens with zero attached hydrogens (tertiary/aromatic N) is 1. The van der Waals surface area contributed by atoms with Crippen molar-refractivity contribution in [3.8, 4) is 0 Å². The van der Waals surface area contributed by atoms with Crippen molar-refractivity contribution in [2.75, 3.05) is 59.8 Å². The van der Waals surface area contributed by atoms with Crippen LogP contribution in [0.4, 0.5) is 0 Å². The lowest BCUT2D eigenvalue weighted by Crippen LogP contribution is -2.39. The molecule has 0 spiro atoms. The Morgan fingerprint density at radius 1 is 1.12 bits per heavy atom. The molecule has 0 amide bonds. The minimum absolute atomic E-state index is 0.119. The number of ether oxygens (including phenoxy) is 3. The SMILES string of the molecule is COCCOCCN1CCC(OCCO)CC1. The van der Waals surface area contributed by atoms with E-state index in [2.05, 4.69) is 4.90 Å². The molecule has 1 aliphatic rings. The molecule has 0 saturated carbocycles. The van der Waals surface area contributed by atoms with Crippen molar-refractivity contribution in [2.24, 2.45) is 0 Å². The van der Waals surface area contributed by atoms with Crippen LogP contribution in [0.25, 0.3) is 0 Å². The summed E-state index contributed by atoms with van der Waals surface area (Å²) >= 11 is 0. The molecule has 0 radical (unpaired) electrons. The summed E-state index contributed by atoms with van der Waals surface area (Å²) in [5.41, 5.74) is 0. The van der Waals surface area contributed by atoms with Crippen LogP contribution in [-0.2, 0) is 14.2 Å². The molecule has 0 unspecified atom stereocenters. The molecule has 0 aliphatic carbocycles. The molecule has 5 nitrogen and oxygen atoms in total. The third-order valence-corrected chi connectivity index (χ3v) is 2.96. The summed E-state index contributed by atoms with van der Waals surface area (Å²) in [6.07, 6.45) is 2.43. The Hall–Kier alpha value is -0.200. The molecule has 5 heteroatoms. The van der Waals surface area contributed by atoms with Crippen molar-refractivity contribution in [3.05, 3.63) is 0 Å². The maximum absolute atomic E-state index is 8.67. The van der Waals surface area contributed by atoms with Gasteiger partial charge in [0.25, 0.3) is 0 Å². The van der Waals surface area contributed by atoms with Gasteiger partial charge in [0.15, 0.2) is 0 Å². The van der Waals surface area contributed by atoms with Crippen LogP contribution >= 0.6 is 0 Å². The van der Waals surface area contributed by atoms with Crippen molar-refractivity contribution in [3.63, 3.8) is 0 Å². The molecule has 0 atom stereocenters. The van der Waals surface area contributed by atoms with Crippen LogP contribution in [0.1, 0.15) is 12.8 Å². The molecular formula is C12H25NO4. The molecule has 0 bridgehead atoms. The van der Waals surface area contributed by atoms with Crippen molar-refractivity contribution >= 4 is 0 Å². The maximum Gasteiger partial charge on any atom is 0.0701 e. The van der Waals surface area contributed by atoms with E-state index in [1.54, 1.807) is 7.11 Å². The van der Waals surface area contributed by atoms with Crippen LogP contribution in [0.5, 0.6) is 0 Å². The normalized spacial score (nSPS) is 18.7. The molecule has 17 heavy (non-hydrogen) atoms. The van der Waals surface area contributed by atoms with Crippen molar-refractivity contribution < 1.29 is 19.3 Å². The van der Waals surface area contributed by atoms with Gasteiger partial charge in [-0.3, -0.25) is 0 Å². The van der Waals surface area contributed by atoms with E-state index in [1.165, 1.54) is 0 Å². The zero-order valence-corrected chi connectivity index (χ0v) is 10.8. The first kappa shape index (κ1) is 14.9. The van der Waals surface area contributed by atoms with Crippen molar-refractivity contribution in [1.82, 2.24) is 4.90 Å². The van der Waals surface area contributed by atoms with Gasteiger partial charge in [-0.2, -0.15) is 0 Å². The van der Waals surface area contributed by atoms with Crippen LogP contribution in [0, 0.1) is 0 Å². The molecule has 0 aromatic carbocycles. The van der Waals surface area contributed by atoms with E-state index in [4.69, 9.17) is 19.3 Å². The predicted molar refractivity (Wildman–Crippen MR) is 65.2 cm³/mol. The maximum atomic E-state index is 8.67. The Kier molecular flexibility index (Phi) is 8.56. The van der Waals surface area contributed by atoms with E-state index in [0.29, 0.717) is 25.9 Å². The summed E-state index contributed by atoms with van der Waals surface area (Å²) in [5, 5.41) is 8.67. The van der Waals surface area contributed by atoms with E-state index in [1.807, 2.05) is 0 Å². The van der Waals surface area contributed by atoms with Gasteiger partial charge in [0.1, 0.15) is 0 Å². The molecule has 1 N–H and O–H groups in total. The molecule has 0 aromatic rings. The fraction of sp³-hybridized carbons (Fsp3) is 1.00. The molecular weight excluding hydrogens is 222 g/mol. The largest absolute Gasteiger partial charge is 0.394 e. The quantitative estimate of drug-likeness (QED) is 0.587. The molecule has 1 heterocycles. The van der Waals surface area contributed by atoms with E-state index < -0.39 is 0 Å². The lowest BCUT2D eigenvalue weighted by atomic mass is 10.1. The Labute approximate surface area is 104 Å². The number of hydrogen-bond donors (Lipinski definition) is 1. The Balaban J connectivity index is 1.95. The highest BCUT2D eigenvalue weighted by molar-refractivity contribution is 4.72. The van der Waals surface area contributed by atoms with Gasteiger partial charge < -0.3 is 24.2 Å². The first-order valence-electron chi connectivity index (χ1n) is 6.38. The average Bonchev–Trinajstić information content (AvgIpc) is 2.37. The fourth-order valence-electron chi connectivity index (χ4n) is 1.96. The first-order chi connectivity index (χ1) is 8.36. The standard InChI is InChI=1S/C12H25NO4/c1-15-10-11-16-8-6-13-4-2-12(3-5-13)17-9-7-14/h12,14H,2-11H2,1H3. The average molecular weight is 247 g/mol. The second-order valence-electron chi connectivity index (χ2n) is 4.24. The molecule has 1 rings (SSSR count). The lowest BCUT2D eigenvalue weighted by molar-refractivity contribution is -0.0139. The summed E-state index contributed by atoms with van der Waals surface area (Å²) in [7, 11) is 1.68. The zero-order valence-electron chi connectivity index (χ0n) is 10.8. The summed E-state index contributed by atoms with van der Waals surface area (Å²) in [6, 6.07) is 0. The highest BCUT2D eigenvalue weighted by Gasteiger charge is 2.18. The van der Waals surface area contributed by atoms with Crippen molar-refractivity contribution in [2.45, 2.75) is 18.9 Å². The highest BCUT2D eigenvalue weighted by atomic mass is 16.5. The second-order valence-corrected chi connectivity index (χ2v) is 4.24. The number of piperidine rings is 1. The molecule has 1 fully saturated rings. The summed E-state index contributed by atoms with van der Waals surface area (Å²) in [5.74, 6) is 0. The smallest absolute Gasteiger partial charge is 0.0701 e. The first-order valence-corrected chi connectivity index (χ1v) is 6.38. The van der Waals surface area contributed by atoms with Crippen molar-refractivity contribution in [1.29, 1.82) is 0 Å².